The second-order valence-electron chi connectivity index (χ2n) is 9.55. The Morgan fingerprint density at radius 1 is 0.625 bits per heavy atom. The zero-order valence-electron chi connectivity index (χ0n) is 23.3. The van der Waals surface area contributed by atoms with Crippen LogP contribution in [0.4, 0.5) is 4.79 Å². The summed E-state index contributed by atoms with van der Waals surface area (Å²) in [6.45, 7) is 4.63. The summed E-state index contributed by atoms with van der Waals surface area (Å²) in [4.78, 5) is 70.1. The lowest BCUT2D eigenvalue weighted by atomic mass is 10.2. The minimum absolute atomic E-state index is 0.00168. The Bertz CT molecular complexity index is 771. The maximum Gasteiger partial charge on any atom is 0.338 e. The van der Waals surface area contributed by atoms with Crippen LogP contribution in [0.25, 0.3) is 0 Å². The number of carboxylic acid groups (broad SMARTS) is 3. The van der Waals surface area contributed by atoms with Crippen LogP contribution < -0.4 is 16.1 Å². The fourth-order valence-corrected chi connectivity index (χ4v) is 4.01. The lowest BCUT2D eigenvalue weighted by Gasteiger charge is -2.32. The zero-order valence-corrected chi connectivity index (χ0v) is 23.3. The van der Waals surface area contributed by atoms with Crippen LogP contribution in [0, 0.1) is 0 Å². The quantitative estimate of drug-likeness (QED) is 0.0871. The Labute approximate surface area is 234 Å². The molecule has 0 bridgehead atoms. The zero-order chi connectivity index (χ0) is 29.8. The van der Waals surface area contributed by atoms with E-state index < -0.39 is 23.9 Å². The fourth-order valence-electron chi connectivity index (χ4n) is 4.01. The maximum absolute atomic E-state index is 12.6. The van der Waals surface area contributed by atoms with E-state index >= 15 is 0 Å². The number of nitrogens with zero attached hydrogens (tertiary/aromatic N) is 4. The number of urea groups is 1. The Kier molecular flexibility index (Phi) is 18.2. The Hall–Kier alpha value is -3.05. The lowest BCUT2D eigenvalue weighted by molar-refractivity contribution is -0.140. The summed E-state index contributed by atoms with van der Waals surface area (Å²) in [6.07, 6.45) is 2.94. The van der Waals surface area contributed by atoms with E-state index in [1.165, 1.54) is 0 Å². The summed E-state index contributed by atoms with van der Waals surface area (Å²) in [6, 6.07) is -0.454. The number of hydrogen-bond donors (Lipinski definition) is 6. The smallest absolute Gasteiger partial charge is 0.338 e. The Balaban J connectivity index is 2.65. The molecule has 1 rings (SSSR count). The van der Waals surface area contributed by atoms with Crippen molar-refractivity contribution in [1.82, 2.24) is 35.7 Å². The summed E-state index contributed by atoms with van der Waals surface area (Å²) in [7, 11) is 0. The van der Waals surface area contributed by atoms with Crippen LogP contribution >= 0.6 is 0 Å². The van der Waals surface area contributed by atoms with Crippen LogP contribution in [0.15, 0.2) is 0 Å². The summed E-state index contributed by atoms with van der Waals surface area (Å²) < 4.78 is 0. The highest BCUT2D eigenvalue weighted by molar-refractivity contribution is 5.78. The molecule has 0 aliphatic carbocycles. The fraction of sp³-hybridized carbons (Fsp3) is 0.792. The number of nitrogens with one attached hydrogen (secondary N) is 3. The number of hydrogen-bond acceptors (Lipinski definition) is 10. The first-order valence-electron chi connectivity index (χ1n) is 13.6. The summed E-state index contributed by atoms with van der Waals surface area (Å²) >= 11 is 0. The van der Waals surface area contributed by atoms with Gasteiger partial charge in [0.05, 0.1) is 32.8 Å². The average Bonchev–Trinajstić information content (AvgIpc) is 2.87. The molecule has 1 saturated heterocycles. The van der Waals surface area contributed by atoms with Gasteiger partial charge in [-0.25, -0.2) is 10.3 Å². The van der Waals surface area contributed by atoms with E-state index in [0.29, 0.717) is 58.9 Å². The van der Waals surface area contributed by atoms with E-state index in [1.807, 2.05) is 4.90 Å². The number of amides is 3. The van der Waals surface area contributed by atoms with E-state index in [4.69, 9.17) is 4.84 Å². The molecule has 0 atom stereocenters. The third-order valence-corrected chi connectivity index (χ3v) is 6.13. The summed E-state index contributed by atoms with van der Waals surface area (Å²) in [5, 5.41) is 33.2. The SMILES string of the molecule is CCCCCNC(=O)NOCCNC(=O)CN1CCN(CC(=O)O)CCN(CC(=O)O)CCN(CC(=O)O)CC1. The molecule has 40 heavy (non-hydrogen) atoms. The molecule has 1 aliphatic rings. The number of hydroxylamine groups is 1. The van der Waals surface area contributed by atoms with Gasteiger partial charge in [-0.2, -0.15) is 0 Å². The van der Waals surface area contributed by atoms with Crippen LogP contribution in [0.1, 0.15) is 26.2 Å². The molecule has 3 amide bonds. The normalized spacial score (nSPS) is 16.8. The van der Waals surface area contributed by atoms with E-state index in [-0.39, 0.29) is 45.2 Å². The summed E-state index contributed by atoms with van der Waals surface area (Å²) in [5.41, 5.74) is 2.25. The van der Waals surface area contributed by atoms with E-state index in [2.05, 4.69) is 23.0 Å². The largest absolute Gasteiger partial charge is 0.480 e. The van der Waals surface area contributed by atoms with E-state index in [0.717, 1.165) is 19.3 Å². The van der Waals surface area contributed by atoms with Crippen LogP contribution in [-0.2, 0) is 24.0 Å². The highest BCUT2D eigenvalue weighted by Gasteiger charge is 2.21. The third-order valence-electron chi connectivity index (χ3n) is 6.13. The first-order chi connectivity index (χ1) is 19.1. The Morgan fingerprint density at radius 3 is 1.45 bits per heavy atom. The van der Waals surface area contributed by atoms with Gasteiger partial charge in [0, 0.05) is 65.4 Å². The molecule has 230 valence electrons. The van der Waals surface area contributed by atoms with Gasteiger partial charge in [0.15, 0.2) is 0 Å². The van der Waals surface area contributed by atoms with Crippen LogP contribution in [0.3, 0.4) is 0 Å². The van der Waals surface area contributed by atoms with Gasteiger partial charge in [-0.3, -0.25) is 43.6 Å². The van der Waals surface area contributed by atoms with Gasteiger partial charge in [0.2, 0.25) is 5.91 Å². The predicted octanol–water partition coefficient (Wildman–Crippen LogP) is -2.00. The molecule has 16 nitrogen and oxygen atoms in total. The molecule has 1 heterocycles. The minimum Gasteiger partial charge on any atom is -0.480 e. The monoisotopic (exact) mass is 575 g/mol. The van der Waals surface area contributed by atoms with Crippen LogP contribution in [0.2, 0.25) is 0 Å². The molecule has 0 aromatic heterocycles. The number of aliphatic carboxylic acids is 3. The van der Waals surface area contributed by atoms with E-state index in [9.17, 15) is 39.3 Å². The third kappa shape index (κ3) is 18.3. The molecule has 16 heteroatoms. The van der Waals surface area contributed by atoms with Crippen LogP contribution in [-0.4, -0.2) is 163 Å². The van der Waals surface area contributed by atoms with Gasteiger partial charge in [-0.15, -0.1) is 0 Å². The van der Waals surface area contributed by atoms with Crippen molar-refractivity contribution in [1.29, 1.82) is 0 Å². The molecular weight excluding hydrogens is 530 g/mol. The lowest BCUT2D eigenvalue weighted by Crippen LogP contribution is -2.50. The second-order valence-corrected chi connectivity index (χ2v) is 9.55. The molecule has 6 N–H and O–H groups in total. The second kappa shape index (κ2) is 20.8. The number of carboxylic acids is 3. The van der Waals surface area contributed by atoms with Gasteiger partial charge < -0.3 is 26.0 Å². The van der Waals surface area contributed by atoms with Crippen LogP contribution in [0.5, 0.6) is 0 Å². The average molecular weight is 576 g/mol. The molecular formula is C24H45N7O9. The molecule has 0 unspecified atom stereocenters. The van der Waals surface area contributed by atoms with Gasteiger partial charge in [0.25, 0.3) is 0 Å². The summed E-state index contributed by atoms with van der Waals surface area (Å²) in [5.74, 6) is -3.36. The van der Waals surface area contributed by atoms with Crippen molar-refractivity contribution in [3.63, 3.8) is 0 Å². The number of unbranched alkanes of at least 4 members (excludes halogenated alkanes) is 2. The van der Waals surface area contributed by atoms with Gasteiger partial charge >= 0.3 is 23.9 Å². The molecule has 0 radical (unpaired) electrons. The van der Waals surface area contributed by atoms with Crippen molar-refractivity contribution in [3.8, 4) is 0 Å². The van der Waals surface area contributed by atoms with Crippen molar-refractivity contribution < 1.29 is 44.1 Å². The number of rotatable bonds is 16. The molecule has 0 aromatic rings. The number of carbonyl (C=O) groups excluding carboxylic acids is 2. The number of carbonyl (C=O) groups is 5. The molecule has 1 fully saturated rings. The van der Waals surface area contributed by atoms with Gasteiger partial charge in [-0.1, -0.05) is 19.8 Å². The molecule has 1 aliphatic heterocycles. The van der Waals surface area contributed by atoms with Crippen molar-refractivity contribution in [2.75, 3.05) is 98.2 Å². The first kappa shape index (κ1) is 35.0. The van der Waals surface area contributed by atoms with Gasteiger partial charge in [0.1, 0.15) is 0 Å². The van der Waals surface area contributed by atoms with Gasteiger partial charge in [-0.05, 0) is 6.42 Å². The molecule has 0 aromatic carbocycles. The highest BCUT2D eigenvalue weighted by atomic mass is 16.7. The molecule has 0 spiro atoms. The van der Waals surface area contributed by atoms with Crippen molar-refractivity contribution >= 4 is 29.8 Å². The van der Waals surface area contributed by atoms with Crippen molar-refractivity contribution in [2.45, 2.75) is 26.2 Å². The topological polar surface area (TPSA) is 204 Å². The maximum atomic E-state index is 12.6. The first-order valence-corrected chi connectivity index (χ1v) is 13.6. The van der Waals surface area contributed by atoms with Crippen molar-refractivity contribution in [2.24, 2.45) is 0 Å². The highest BCUT2D eigenvalue weighted by Crippen LogP contribution is 2.01. The van der Waals surface area contributed by atoms with Crippen molar-refractivity contribution in [3.05, 3.63) is 0 Å². The minimum atomic E-state index is -1.02. The Morgan fingerprint density at radius 2 is 1.05 bits per heavy atom. The predicted molar refractivity (Wildman–Crippen MR) is 144 cm³/mol. The van der Waals surface area contributed by atoms with E-state index in [1.54, 1.807) is 14.7 Å². The standard InChI is InChI=1S/C24H45N7O9/c1-2-3-4-5-26-24(39)27-40-15-6-25-20(32)16-28-7-9-29(17-21(33)34)11-13-31(19-23(37)38)14-12-30(10-8-28)18-22(35)36/h2-19H2,1H3,(H,25,32)(H,33,34)(H,35,36)(H,37,38)(H2,26,27,39). The molecule has 0 saturated carbocycles.